The number of hydrogen-bond donors (Lipinski definition) is 2. The lowest BCUT2D eigenvalue weighted by Gasteiger charge is -2.32. The van der Waals surface area contributed by atoms with E-state index in [2.05, 4.69) is 32.6 Å². The molecule has 0 saturated heterocycles. The summed E-state index contributed by atoms with van der Waals surface area (Å²) in [5, 5.41) is 17.0. The molecule has 1 aliphatic rings. The second kappa shape index (κ2) is 14.1. The lowest BCUT2D eigenvalue weighted by molar-refractivity contribution is -0.128. The summed E-state index contributed by atoms with van der Waals surface area (Å²) in [6, 6.07) is 23.0. The summed E-state index contributed by atoms with van der Waals surface area (Å²) < 4.78 is 6.68. The van der Waals surface area contributed by atoms with Crippen LogP contribution in [0.15, 0.2) is 83.3 Å². The second-order valence-electron chi connectivity index (χ2n) is 10.6. The van der Waals surface area contributed by atoms with Crippen molar-refractivity contribution in [2.45, 2.75) is 38.5 Å². The van der Waals surface area contributed by atoms with Gasteiger partial charge in [-0.05, 0) is 86.3 Å². The van der Waals surface area contributed by atoms with Gasteiger partial charge in [0.25, 0.3) is 11.8 Å². The molecule has 0 fully saturated rings. The van der Waals surface area contributed by atoms with Crippen LogP contribution in [0.1, 0.15) is 35.3 Å². The van der Waals surface area contributed by atoms with E-state index in [0.717, 1.165) is 20.8 Å². The van der Waals surface area contributed by atoms with Crippen molar-refractivity contribution < 1.29 is 19.1 Å². The third kappa shape index (κ3) is 6.52. The first-order valence-corrected chi connectivity index (χ1v) is 14.9. The molecule has 0 bridgehead atoms. The van der Waals surface area contributed by atoms with Gasteiger partial charge < -0.3 is 25.2 Å². The van der Waals surface area contributed by atoms with Gasteiger partial charge in [0, 0.05) is 15.6 Å². The molecule has 232 valence electrons. The molecule has 11 heteroatoms. The van der Waals surface area contributed by atoms with Crippen molar-refractivity contribution in [2.24, 2.45) is 0 Å². The fraction of sp³-hybridized carbons (Fsp3) is 0.235. The van der Waals surface area contributed by atoms with Crippen molar-refractivity contribution in [3.63, 3.8) is 0 Å². The van der Waals surface area contributed by atoms with Gasteiger partial charge >= 0.3 is 0 Å². The molecule has 5 rings (SSSR count). The van der Waals surface area contributed by atoms with E-state index in [1.165, 1.54) is 0 Å². The third-order valence-electron chi connectivity index (χ3n) is 8.04. The number of likely N-dealkylation sites (N-methyl/N-ethyl adjacent to an activating group) is 1. The molecule has 0 saturated carbocycles. The van der Waals surface area contributed by atoms with Crippen LogP contribution in [0.25, 0.3) is 10.8 Å². The first-order valence-electron chi connectivity index (χ1n) is 14.1. The monoisotopic (exact) mass is 689 g/mol. The Kier molecular flexibility index (Phi) is 10.5. The van der Waals surface area contributed by atoms with Crippen LogP contribution in [-0.2, 0) is 16.1 Å². The number of benzene rings is 4. The minimum absolute atomic E-state index is 0. The lowest BCUT2D eigenvalue weighted by Crippen LogP contribution is -2.59. The van der Waals surface area contributed by atoms with Crippen molar-refractivity contribution in [3.05, 3.63) is 100 Å². The summed E-state index contributed by atoms with van der Waals surface area (Å²) in [5.41, 5.74) is 2.59. The minimum atomic E-state index is -1.08. The van der Waals surface area contributed by atoms with Gasteiger partial charge in [0.15, 0.2) is 0 Å². The summed E-state index contributed by atoms with van der Waals surface area (Å²) in [7, 11) is 3.25. The van der Waals surface area contributed by atoms with Crippen LogP contribution in [0.5, 0.6) is 5.75 Å². The molecule has 2 N–H and O–H groups in total. The van der Waals surface area contributed by atoms with Gasteiger partial charge in [-0.1, -0.05) is 40.2 Å². The third-order valence-corrected chi connectivity index (χ3v) is 8.54. The van der Waals surface area contributed by atoms with Crippen LogP contribution >= 0.6 is 28.3 Å². The van der Waals surface area contributed by atoms with E-state index in [9.17, 15) is 19.6 Å². The maximum atomic E-state index is 14.6. The van der Waals surface area contributed by atoms with Gasteiger partial charge in [-0.3, -0.25) is 14.4 Å². The highest BCUT2D eigenvalue weighted by Gasteiger charge is 2.43. The lowest BCUT2D eigenvalue weighted by atomic mass is 10.0. The minimum Gasteiger partial charge on any atom is -0.496 e. The molecule has 3 amide bonds. The van der Waals surface area contributed by atoms with Crippen molar-refractivity contribution in [1.29, 1.82) is 5.26 Å². The van der Waals surface area contributed by atoms with Gasteiger partial charge in [0.2, 0.25) is 5.91 Å². The largest absolute Gasteiger partial charge is 0.496 e. The molecule has 1 aliphatic heterocycles. The number of methoxy groups -OCH3 is 1. The summed E-state index contributed by atoms with van der Waals surface area (Å²) in [4.78, 5) is 45.2. The summed E-state index contributed by atoms with van der Waals surface area (Å²) in [5.74, 6) is -0.496. The van der Waals surface area contributed by atoms with E-state index in [4.69, 9.17) is 4.74 Å². The maximum absolute atomic E-state index is 14.6. The summed E-state index contributed by atoms with van der Waals surface area (Å²) in [6.45, 7) is 3.58. The Morgan fingerprint density at radius 2 is 1.73 bits per heavy atom. The van der Waals surface area contributed by atoms with Crippen LogP contribution < -0.4 is 25.2 Å². The number of fused-ring (bicyclic) bond motifs is 2. The molecule has 0 aromatic heterocycles. The predicted molar refractivity (Wildman–Crippen MR) is 181 cm³/mol. The fourth-order valence-corrected chi connectivity index (χ4v) is 5.87. The van der Waals surface area contributed by atoms with Crippen LogP contribution in [0.2, 0.25) is 0 Å². The number of hydrogen-bond acceptors (Lipinski definition) is 6. The molecule has 45 heavy (non-hydrogen) atoms. The number of halogens is 2. The van der Waals surface area contributed by atoms with E-state index < -0.39 is 18.1 Å². The number of para-hydroxylation sites is 2. The number of ether oxygens (including phenoxy) is 1. The molecule has 0 spiro atoms. The van der Waals surface area contributed by atoms with E-state index in [-0.39, 0.29) is 36.7 Å². The number of anilines is 2. The van der Waals surface area contributed by atoms with Gasteiger partial charge in [-0.15, -0.1) is 12.4 Å². The Morgan fingerprint density at radius 1 is 1.04 bits per heavy atom. The molecule has 1 heterocycles. The van der Waals surface area contributed by atoms with E-state index in [0.29, 0.717) is 28.3 Å². The SMILES string of the molecule is CNC(C)C(=O)N[C@@H]1C(=O)N(Cc2c(OC)ccc3cc(Br)ccc23)c2ccccc2N(C(=O)c2ccc(C#N)cc2)[C@H]1C.Cl. The maximum Gasteiger partial charge on any atom is 0.258 e. The summed E-state index contributed by atoms with van der Waals surface area (Å²) >= 11 is 3.54. The zero-order valence-electron chi connectivity index (χ0n) is 25.2. The number of rotatable bonds is 7. The number of carbonyl (C=O) groups excluding carboxylic acids is 3. The summed E-state index contributed by atoms with van der Waals surface area (Å²) in [6.07, 6.45) is 0. The topological polar surface area (TPSA) is 115 Å². The molecular weight excluding hydrogens is 658 g/mol. The number of nitriles is 1. The zero-order chi connectivity index (χ0) is 31.5. The van der Waals surface area contributed by atoms with Crippen LogP contribution in [0, 0.1) is 11.3 Å². The average Bonchev–Trinajstić information content (AvgIpc) is 3.12. The highest BCUT2D eigenvalue weighted by molar-refractivity contribution is 9.10. The highest BCUT2D eigenvalue weighted by Crippen LogP contribution is 2.39. The van der Waals surface area contributed by atoms with Crippen LogP contribution in [-0.4, -0.2) is 50.0 Å². The van der Waals surface area contributed by atoms with Crippen LogP contribution in [0.3, 0.4) is 0 Å². The smallest absolute Gasteiger partial charge is 0.258 e. The van der Waals surface area contributed by atoms with E-state index >= 15 is 0 Å². The molecule has 4 aromatic rings. The van der Waals surface area contributed by atoms with Gasteiger partial charge in [0.05, 0.1) is 48.7 Å². The Bertz CT molecular complexity index is 1790. The predicted octanol–water partition coefficient (Wildman–Crippen LogP) is 5.58. The van der Waals surface area contributed by atoms with Crippen molar-refractivity contribution in [1.82, 2.24) is 10.6 Å². The Labute approximate surface area is 276 Å². The number of amides is 3. The Balaban J connectivity index is 0.00000461. The van der Waals surface area contributed by atoms with Gasteiger partial charge in [0.1, 0.15) is 11.8 Å². The van der Waals surface area contributed by atoms with Crippen LogP contribution in [0.4, 0.5) is 11.4 Å². The first kappa shape index (κ1) is 33.5. The molecule has 4 aromatic carbocycles. The Morgan fingerprint density at radius 3 is 2.38 bits per heavy atom. The van der Waals surface area contributed by atoms with Crippen molar-refractivity contribution >= 4 is 68.2 Å². The molecule has 0 radical (unpaired) electrons. The molecular formula is C34H33BrClN5O4. The molecule has 0 aliphatic carbocycles. The first-order chi connectivity index (χ1) is 21.2. The standard InChI is InChI=1S/C34H32BrN5O4.ClH/c1-20(37-3)32(41)38-31-21(2)40(33(42)23-11-9-22(18-36)10-12-23)29-8-6-5-7-28(29)39(34(31)43)19-27-26-15-14-25(35)17-24(26)13-16-30(27)44-4;/h5-17,20-21,31,37H,19H2,1-4H3,(H,38,41);1H/t20?,21-,31-;/m0./s1. The molecule has 3 atom stereocenters. The number of nitrogens with one attached hydrogen (secondary N) is 2. The fourth-order valence-electron chi connectivity index (χ4n) is 5.49. The number of nitrogens with zero attached hydrogens (tertiary/aromatic N) is 3. The molecule has 1 unspecified atom stereocenters. The van der Waals surface area contributed by atoms with Crippen molar-refractivity contribution in [3.8, 4) is 11.8 Å². The quantitative estimate of drug-likeness (QED) is 0.262. The highest BCUT2D eigenvalue weighted by atomic mass is 79.9. The van der Waals surface area contributed by atoms with E-state index in [1.807, 2.05) is 42.5 Å². The van der Waals surface area contributed by atoms with E-state index in [1.54, 1.807) is 74.2 Å². The van der Waals surface area contributed by atoms with Gasteiger partial charge in [-0.25, -0.2) is 0 Å². The molecule has 9 nitrogen and oxygen atoms in total. The second-order valence-corrected chi connectivity index (χ2v) is 11.5. The van der Waals surface area contributed by atoms with Gasteiger partial charge in [-0.2, -0.15) is 5.26 Å². The Hall–Kier alpha value is -4.43. The zero-order valence-corrected chi connectivity index (χ0v) is 27.6. The number of carbonyl (C=O) groups is 3. The normalized spacial score (nSPS) is 16.6. The average molecular weight is 691 g/mol. The van der Waals surface area contributed by atoms with Crippen molar-refractivity contribution in [2.75, 3.05) is 24.0 Å².